The third-order valence-electron chi connectivity index (χ3n) is 14.3. The van der Waals surface area contributed by atoms with Gasteiger partial charge in [-0.1, -0.05) is 146 Å². The van der Waals surface area contributed by atoms with Crippen molar-refractivity contribution in [1.29, 1.82) is 0 Å². The number of unbranched alkanes of at least 4 members (excludes halogenated alkanes) is 12. The van der Waals surface area contributed by atoms with Gasteiger partial charge in [0.15, 0.2) is 5.96 Å². The Labute approximate surface area is 481 Å². The lowest BCUT2D eigenvalue weighted by atomic mass is 9.95. The van der Waals surface area contributed by atoms with Gasteiger partial charge in [-0.15, -0.1) is 5.53 Å². The van der Waals surface area contributed by atoms with Crippen molar-refractivity contribution in [3.63, 3.8) is 0 Å². The number of guanidine groups is 1. The van der Waals surface area contributed by atoms with Crippen molar-refractivity contribution in [1.82, 2.24) is 58.5 Å². The van der Waals surface area contributed by atoms with Gasteiger partial charge < -0.3 is 59.1 Å². The van der Waals surface area contributed by atoms with Gasteiger partial charge in [0.2, 0.25) is 53.2 Å². The fourth-order valence-electron chi connectivity index (χ4n) is 9.19. The van der Waals surface area contributed by atoms with Crippen LogP contribution in [0.25, 0.3) is 0 Å². The maximum absolute atomic E-state index is 14.5. The summed E-state index contributed by atoms with van der Waals surface area (Å²) in [6.07, 6.45) is 14.0. The molecule has 0 aromatic carbocycles. The molecule has 0 radical (unpaired) electrons. The first-order valence-electron chi connectivity index (χ1n) is 29.6. The highest BCUT2D eigenvalue weighted by Gasteiger charge is 2.42. The summed E-state index contributed by atoms with van der Waals surface area (Å²) in [5.74, 6) is -9.02. The largest absolute Gasteiger partial charge is 0.391 e. The molecule has 1 saturated heterocycles. The fraction of sp³-hybridized carbons (Fsp3) is 0.804. The topological polar surface area (TPSA) is 379 Å². The molecule has 0 bridgehead atoms. The molecule has 0 saturated carbocycles. The Bertz CT molecular complexity index is 2040. The van der Waals surface area contributed by atoms with Crippen LogP contribution in [0.1, 0.15) is 198 Å². The number of aliphatic hydroxyl groups is 1. The Hall–Kier alpha value is -6.11. The molecule has 1 unspecified atom stereocenters. The molecule has 1 fully saturated rings. The normalized spacial score (nSPS) is 16.9. The zero-order valence-electron chi connectivity index (χ0n) is 50.7. The Morgan fingerprint density at radius 3 is 1.59 bits per heavy atom. The monoisotopic (exact) mass is 1150 g/mol. The van der Waals surface area contributed by atoms with Crippen LogP contribution in [0.15, 0.2) is 4.99 Å². The SMILES string of the molecule is CCCCCCCCCCCCCCCC(=O)N[C@H]1CC(=O)NNN([C@H](C(=O)N[C@H](C(=O)N[C@@H](CCCN=C(N)N)C(=O)N[C@H](C(=O)N[C@@H](CC(C)C)C(=O)N[C@@H](C)C(=O)N[C@H](C(=O)NC)C(C)O)C(C)C)C(C)C)[C@@H](C)CC)C1=O. The first-order chi connectivity index (χ1) is 38.2. The number of nitrogens with zero attached hydrogens (tertiary/aromatic N) is 2. The molecule has 1 aliphatic heterocycles. The summed E-state index contributed by atoms with van der Waals surface area (Å²) in [5, 5.41) is 32.0. The van der Waals surface area contributed by atoms with E-state index in [0.29, 0.717) is 12.8 Å². The van der Waals surface area contributed by atoms with Crippen LogP contribution >= 0.6 is 0 Å². The van der Waals surface area contributed by atoms with Gasteiger partial charge >= 0.3 is 0 Å². The van der Waals surface area contributed by atoms with Gasteiger partial charge in [-0.3, -0.25) is 58.4 Å². The second-order valence-electron chi connectivity index (χ2n) is 22.7. The number of amides is 10. The number of hydrogen-bond donors (Lipinski definition) is 13. The summed E-state index contributed by atoms with van der Waals surface area (Å²) in [7, 11) is 1.34. The van der Waals surface area contributed by atoms with E-state index in [1.54, 1.807) is 41.5 Å². The molecule has 81 heavy (non-hydrogen) atoms. The number of hydrogen-bond acceptors (Lipinski definition) is 13. The van der Waals surface area contributed by atoms with Crippen LogP contribution in [0.3, 0.4) is 0 Å². The molecule has 0 aliphatic carbocycles. The van der Waals surface area contributed by atoms with E-state index in [9.17, 15) is 53.1 Å². The second kappa shape index (κ2) is 39.3. The maximum Gasteiger partial charge on any atom is 0.261 e. The van der Waals surface area contributed by atoms with E-state index in [4.69, 9.17) is 11.5 Å². The predicted octanol–water partition coefficient (Wildman–Crippen LogP) is 1.60. The van der Waals surface area contributed by atoms with Crippen molar-refractivity contribution in [3.8, 4) is 0 Å². The number of hydrazine groups is 2. The second-order valence-corrected chi connectivity index (χ2v) is 22.7. The average Bonchev–Trinajstić information content (AvgIpc) is 3.53. The Balaban J connectivity index is 3.28. The summed E-state index contributed by atoms with van der Waals surface area (Å²) < 4.78 is 0. The molecule has 0 spiro atoms. The van der Waals surface area contributed by atoms with E-state index in [1.807, 2.05) is 13.8 Å². The molecule has 0 aromatic heterocycles. The van der Waals surface area contributed by atoms with Crippen LogP contribution in [0.5, 0.6) is 0 Å². The van der Waals surface area contributed by atoms with Gasteiger partial charge in [0, 0.05) is 20.0 Å². The van der Waals surface area contributed by atoms with Crippen LogP contribution in [-0.4, -0.2) is 143 Å². The lowest BCUT2D eigenvalue weighted by Gasteiger charge is -2.36. The first-order valence-corrected chi connectivity index (χ1v) is 29.6. The maximum atomic E-state index is 14.5. The molecule has 15 N–H and O–H groups in total. The lowest BCUT2D eigenvalue weighted by Crippen LogP contribution is -2.65. The molecule has 10 amide bonds. The minimum absolute atomic E-state index is 0.0401. The highest BCUT2D eigenvalue weighted by Crippen LogP contribution is 2.19. The average molecular weight is 1150 g/mol. The Kier molecular flexibility index (Phi) is 35.4. The molecule has 25 nitrogen and oxygen atoms in total. The summed E-state index contributed by atoms with van der Waals surface area (Å²) in [5.41, 5.74) is 16.1. The Morgan fingerprint density at radius 1 is 0.617 bits per heavy atom. The van der Waals surface area contributed by atoms with Gasteiger partial charge in [0.25, 0.3) is 5.91 Å². The van der Waals surface area contributed by atoms with E-state index in [-0.39, 0.29) is 50.5 Å². The molecular weight excluding hydrogens is 1040 g/mol. The lowest BCUT2D eigenvalue weighted by molar-refractivity contribution is -0.150. The van der Waals surface area contributed by atoms with E-state index < -0.39 is 131 Å². The van der Waals surface area contributed by atoms with Gasteiger partial charge in [-0.05, 0) is 63.2 Å². The molecular formula is C56H104N14O11. The number of carbonyl (C=O) groups excluding carboxylic acids is 10. The molecule has 464 valence electrons. The zero-order valence-corrected chi connectivity index (χ0v) is 50.7. The van der Waals surface area contributed by atoms with Crippen molar-refractivity contribution in [2.45, 2.75) is 253 Å². The van der Waals surface area contributed by atoms with E-state index in [0.717, 1.165) is 30.7 Å². The van der Waals surface area contributed by atoms with E-state index in [2.05, 4.69) is 65.4 Å². The summed E-state index contributed by atoms with van der Waals surface area (Å²) >= 11 is 0. The first kappa shape index (κ1) is 72.9. The third kappa shape index (κ3) is 27.9. The van der Waals surface area contributed by atoms with Crippen LogP contribution in [0, 0.1) is 23.7 Å². The molecule has 1 heterocycles. The molecule has 1 aliphatic rings. The van der Waals surface area contributed by atoms with E-state index >= 15 is 0 Å². The van der Waals surface area contributed by atoms with Crippen LogP contribution in [-0.2, 0) is 47.9 Å². The molecule has 1 rings (SSSR count). The standard InChI is InChI=1S/C56H104N14O11/c1-13-15-16-17-18-19-20-21-22-23-24-25-26-29-42(72)62-41-32-43(73)68-69-70(55(41)81)47(36(9)14-2)54(80)66-45(35(7)8)52(78)63-39(28-27-30-60-56(57)58)49(75)65-44(34(5)6)53(79)64-40(31-33(3)4)50(76)61-37(10)48(74)67-46(38(11)71)51(77)59-12/h33-41,44-47,69,71H,13-32H2,1-12H3,(H,59,77)(H,61,76)(H,62,72)(H,63,78)(H,64,79)(H,65,75)(H,66,80)(H,67,74)(H,68,73)(H4,57,58,60)/t36-,37-,38?,39-,40-,41-,44-,45-,46-,47-/m0/s1. The quantitative estimate of drug-likeness (QED) is 0.0236. The van der Waals surface area contributed by atoms with Crippen LogP contribution in [0.2, 0.25) is 0 Å². The van der Waals surface area contributed by atoms with Crippen molar-refractivity contribution >= 4 is 65.0 Å². The number of nitrogens with two attached hydrogens (primary N) is 2. The highest BCUT2D eigenvalue weighted by molar-refractivity contribution is 5.99. The van der Waals surface area contributed by atoms with Crippen molar-refractivity contribution < 1.29 is 53.1 Å². The molecule has 25 heteroatoms. The van der Waals surface area contributed by atoms with E-state index in [1.165, 1.54) is 72.3 Å². The smallest absolute Gasteiger partial charge is 0.261 e. The zero-order chi connectivity index (χ0) is 61.4. The minimum Gasteiger partial charge on any atom is -0.391 e. The number of aliphatic imine (C=N–C) groups is 1. The molecule has 10 atom stereocenters. The van der Waals surface area contributed by atoms with Crippen molar-refractivity contribution in [2.75, 3.05) is 13.6 Å². The van der Waals surface area contributed by atoms with Gasteiger partial charge in [0.1, 0.15) is 48.3 Å². The summed E-state index contributed by atoms with van der Waals surface area (Å²) in [6.45, 7) is 18.8. The van der Waals surface area contributed by atoms with Gasteiger partial charge in [-0.25, -0.2) is 5.01 Å². The Morgan fingerprint density at radius 2 is 1.11 bits per heavy atom. The van der Waals surface area contributed by atoms with Crippen molar-refractivity contribution in [3.05, 3.63) is 0 Å². The molecule has 0 aromatic rings. The summed E-state index contributed by atoms with van der Waals surface area (Å²) in [6, 6.07) is -10.2. The van der Waals surface area contributed by atoms with Gasteiger partial charge in [0.05, 0.1) is 12.5 Å². The summed E-state index contributed by atoms with van der Waals surface area (Å²) in [4.78, 5) is 141. The van der Waals surface area contributed by atoms with Crippen LogP contribution < -0.4 is 65.0 Å². The number of aliphatic hydroxyl groups excluding tert-OH is 1. The van der Waals surface area contributed by atoms with Crippen molar-refractivity contribution in [2.24, 2.45) is 40.1 Å². The number of likely N-dealkylation sites (N-methyl/N-ethyl adjacent to an activating group) is 1. The van der Waals surface area contributed by atoms with Gasteiger partial charge in [-0.2, -0.15) is 0 Å². The number of carbonyl (C=O) groups is 10. The van der Waals surface area contributed by atoms with Crippen LogP contribution in [0.4, 0.5) is 0 Å². The number of rotatable bonds is 40. The fourth-order valence-corrected chi connectivity index (χ4v) is 9.19. The minimum atomic E-state index is -1.33. The highest BCUT2D eigenvalue weighted by atomic mass is 16.3. The number of nitrogens with one attached hydrogen (secondary N) is 10. The predicted molar refractivity (Wildman–Crippen MR) is 310 cm³/mol. The third-order valence-corrected chi connectivity index (χ3v) is 14.3.